The van der Waals surface area contributed by atoms with Crippen LogP contribution in [0.4, 0.5) is 0 Å². The number of hydrogen-bond donors (Lipinski definition) is 3. The molecule has 1 amide bonds. The number of aliphatic hydroxyl groups excluding tert-OH is 2. The molecule has 0 bridgehead atoms. The molecule has 0 aliphatic carbocycles. The largest absolute Gasteiger partial charge is 0.466 e. The van der Waals surface area contributed by atoms with Crippen LogP contribution in [0.1, 0.15) is 328 Å². The second-order valence-electron chi connectivity index (χ2n) is 20.7. The molecule has 0 aromatic rings. The Morgan fingerprint density at radius 3 is 1.06 bits per heavy atom. The molecule has 3 N–H and O–H groups in total. The Hall–Kier alpha value is -1.66. The molecular weight excluding hydrogens is 827 g/mol. The smallest absolute Gasteiger partial charge is 0.305 e. The summed E-state index contributed by atoms with van der Waals surface area (Å²) in [4.78, 5) is 24.5. The Bertz CT molecular complexity index is 1040. The first kappa shape index (κ1) is 65.3. The van der Waals surface area contributed by atoms with E-state index in [9.17, 15) is 19.8 Å². The molecule has 6 nitrogen and oxygen atoms in total. The number of rotatable bonds is 56. The van der Waals surface area contributed by atoms with Gasteiger partial charge in [0.1, 0.15) is 0 Å². The molecule has 0 heterocycles. The average molecular weight is 945 g/mol. The van der Waals surface area contributed by atoms with Crippen LogP contribution < -0.4 is 5.32 Å². The lowest BCUT2D eigenvalue weighted by atomic mass is 10.0. The number of aliphatic hydroxyl groups is 2. The first-order valence-electron chi connectivity index (χ1n) is 30.1. The maximum Gasteiger partial charge on any atom is 0.305 e. The summed E-state index contributed by atoms with van der Waals surface area (Å²) in [5, 5.41) is 23.1. The molecule has 2 unspecified atom stereocenters. The summed E-state index contributed by atoms with van der Waals surface area (Å²) in [5.41, 5.74) is 0. The molecule has 67 heavy (non-hydrogen) atoms. The van der Waals surface area contributed by atoms with Crippen molar-refractivity contribution in [2.45, 2.75) is 341 Å². The summed E-state index contributed by atoms with van der Waals surface area (Å²) < 4.78 is 5.47. The lowest BCUT2D eigenvalue weighted by Gasteiger charge is -2.20. The quantitative estimate of drug-likeness (QED) is 0.0321. The topological polar surface area (TPSA) is 95.9 Å². The number of carbonyl (C=O) groups excluding carboxylic acids is 2. The number of nitrogens with one attached hydrogen (secondary N) is 1. The molecule has 0 saturated carbocycles. The van der Waals surface area contributed by atoms with E-state index in [0.29, 0.717) is 19.4 Å². The van der Waals surface area contributed by atoms with Crippen LogP contribution in [0.2, 0.25) is 0 Å². The fraction of sp³-hybridized carbons (Fsp3) is 0.902. The van der Waals surface area contributed by atoms with Crippen LogP contribution in [0.15, 0.2) is 24.3 Å². The third-order valence-electron chi connectivity index (χ3n) is 14.0. The van der Waals surface area contributed by atoms with Crippen LogP contribution in [0, 0.1) is 0 Å². The minimum Gasteiger partial charge on any atom is -0.466 e. The lowest BCUT2D eigenvalue weighted by molar-refractivity contribution is -0.143. The Kier molecular flexibility index (Phi) is 55.5. The van der Waals surface area contributed by atoms with Crippen molar-refractivity contribution in [2.75, 3.05) is 13.2 Å². The van der Waals surface area contributed by atoms with Gasteiger partial charge in [0.25, 0.3) is 0 Å². The second kappa shape index (κ2) is 56.9. The van der Waals surface area contributed by atoms with E-state index in [1.807, 2.05) is 6.08 Å². The third kappa shape index (κ3) is 53.5. The zero-order valence-electron chi connectivity index (χ0n) is 45.1. The highest BCUT2D eigenvalue weighted by Gasteiger charge is 2.18. The normalized spacial score (nSPS) is 12.7. The molecule has 0 aromatic carbocycles. The number of esters is 1. The summed E-state index contributed by atoms with van der Waals surface area (Å²) in [5.74, 6) is -0.0611. The van der Waals surface area contributed by atoms with Gasteiger partial charge in [0.15, 0.2) is 0 Å². The molecule has 0 aliphatic rings. The molecule has 0 fully saturated rings. The number of hydrogen-bond acceptors (Lipinski definition) is 5. The summed E-state index contributed by atoms with van der Waals surface area (Å²) in [6, 6.07) is -0.631. The second-order valence-corrected chi connectivity index (χ2v) is 20.7. The maximum absolute atomic E-state index is 12.5. The van der Waals surface area contributed by atoms with Gasteiger partial charge in [-0.05, 0) is 57.8 Å². The van der Waals surface area contributed by atoms with Gasteiger partial charge in [-0.25, -0.2) is 0 Å². The highest BCUT2D eigenvalue weighted by Crippen LogP contribution is 2.17. The van der Waals surface area contributed by atoms with E-state index in [2.05, 4.69) is 31.3 Å². The van der Waals surface area contributed by atoms with Crippen molar-refractivity contribution in [1.82, 2.24) is 5.32 Å². The van der Waals surface area contributed by atoms with Crippen molar-refractivity contribution in [3.63, 3.8) is 0 Å². The summed E-state index contributed by atoms with van der Waals surface area (Å²) in [6.07, 6.45) is 69.2. The molecule has 0 aliphatic heterocycles. The van der Waals surface area contributed by atoms with Crippen LogP contribution in [0.5, 0.6) is 0 Å². The number of allylic oxidation sites excluding steroid dienone is 3. The van der Waals surface area contributed by atoms with Crippen molar-refractivity contribution in [3.05, 3.63) is 24.3 Å². The minimum absolute atomic E-state index is 0.0118. The number of unbranched alkanes of at least 4 members (excludes halogenated alkanes) is 43. The van der Waals surface area contributed by atoms with E-state index >= 15 is 0 Å². The fourth-order valence-corrected chi connectivity index (χ4v) is 9.34. The van der Waals surface area contributed by atoms with Crippen molar-refractivity contribution >= 4 is 11.9 Å². The van der Waals surface area contributed by atoms with E-state index in [4.69, 9.17) is 4.74 Å². The first-order chi connectivity index (χ1) is 33.0. The highest BCUT2D eigenvalue weighted by molar-refractivity contribution is 5.76. The lowest BCUT2D eigenvalue weighted by Crippen LogP contribution is -2.45. The van der Waals surface area contributed by atoms with Crippen molar-refractivity contribution in [1.29, 1.82) is 0 Å². The maximum atomic E-state index is 12.5. The zero-order chi connectivity index (χ0) is 48.6. The minimum atomic E-state index is -0.847. The predicted molar refractivity (Wildman–Crippen MR) is 292 cm³/mol. The van der Waals surface area contributed by atoms with Gasteiger partial charge in [0, 0.05) is 12.8 Å². The molecule has 0 aromatic heterocycles. The fourth-order valence-electron chi connectivity index (χ4n) is 9.34. The molecule has 0 rings (SSSR count). The summed E-state index contributed by atoms with van der Waals surface area (Å²) in [6.45, 7) is 4.91. The van der Waals surface area contributed by atoms with Gasteiger partial charge in [-0.2, -0.15) is 0 Å². The van der Waals surface area contributed by atoms with Crippen molar-refractivity contribution < 1.29 is 24.5 Å². The average Bonchev–Trinajstić information content (AvgIpc) is 3.33. The molecule has 6 heteroatoms. The van der Waals surface area contributed by atoms with Gasteiger partial charge in [-0.15, -0.1) is 0 Å². The first-order valence-corrected chi connectivity index (χ1v) is 30.1. The Morgan fingerprint density at radius 2 is 0.701 bits per heavy atom. The van der Waals surface area contributed by atoms with Gasteiger partial charge >= 0.3 is 5.97 Å². The number of ether oxygens (including phenoxy) is 1. The van der Waals surface area contributed by atoms with Gasteiger partial charge in [0.2, 0.25) is 5.91 Å². The molecule has 0 saturated heterocycles. The molecule has 2 atom stereocenters. The van der Waals surface area contributed by atoms with E-state index in [1.165, 1.54) is 257 Å². The monoisotopic (exact) mass is 944 g/mol. The van der Waals surface area contributed by atoms with Crippen LogP contribution in [0.25, 0.3) is 0 Å². The SMILES string of the molecule is CCCCCCCCCCCCCCC/C=C/C(O)C(CO)NC(=O)CCCCCCCCC/C=C\CCCCCCCCCCCCCCOC(=O)CCCCCCCCCCCCCC. The number of amides is 1. The van der Waals surface area contributed by atoms with Crippen LogP contribution in [-0.4, -0.2) is 47.4 Å². The van der Waals surface area contributed by atoms with Gasteiger partial charge in [-0.3, -0.25) is 9.59 Å². The Balaban J connectivity index is 3.43. The van der Waals surface area contributed by atoms with Gasteiger partial charge in [-0.1, -0.05) is 282 Å². The van der Waals surface area contributed by atoms with Crippen molar-refractivity contribution in [2.24, 2.45) is 0 Å². The highest BCUT2D eigenvalue weighted by atomic mass is 16.5. The summed E-state index contributed by atoms with van der Waals surface area (Å²) in [7, 11) is 0. The summed E-state index contributed by atoms with van der Waals surface area (Å²) >= 11 is 0. The molecular formula is C61H117NO5. The molecule has 396 valence electrons. The Morgan fingerprint density at radius 1 is 0.403 bits per heavy atom. The third-order valence-corrected chi connectivity index (χ3v) is 14.0. The predicted octanol–water partition coefficient (Wildman–Crippen LogP) is 18.6. The van der Waals surface area contributed by atoms with Gasteiger partial charge in [0.05, 0.1) is 25.4 Å². The van der Waals surface area contributed by atoms with Crippen molar-refractivity contribution in [3.8, 4) is 0 Å². The van der Waals surface area contributed by atoms with Crippen LogP contribution in [0.3, 0.4) is 0 Å². The standard InChI is InChI=1S/C61H117NO5/c1-3-5-7-9-11-13-15-17-27-30-33-37-41-45-49-53-59(64)58(57-63)62-60(65)54-50-46-42-38-34-31-28-25-23-21-19-18-20-22-24-26-29-32-36-40-44-48-52-56-67-61(66)55-51-47-43-39-35-16-14-12-10-8-6-4-2/h21,23,49,53,58-59,63-64H,3-20,22,24-48,50-52,54-57H2,1-2H3,(H,62,65)/b23-21-,53-49+. The van der Waals surface area contributed by atoms with E-state index in [0.717, 1.165) is 44.9 Å². The zero-order valence-corrected chi connectivity index (χ0v) is 45.1. The van der Waals surface area contributed by atoms with Crippen LogP contribution >= 0.6 is 0 Å². The number of carbonyl (C=O) groups is 2. The molecule has 0 spiro atoms. The van der Waals surface area contributed by atoms with Crippen LogP contribution in [-0.2, 0) is 14.3 Å². The van der Waals surface area contributed by atoms with E-state index in [1.54, 1.807) is 6.08 Å². The van der Waals surface area contributed by atoms with E-state index in [-0.39, 0.29) is 18.5 Å². The van der Waals surface area contributed by atoms with Gasteiger partial charge < -0.3 is 20.3 Å². The Labute approximate surface area is 418 Å². The van der Waals surface area contributed by atoms with E-state index < -0.39 is 12.1 Å². The molecule has 0 radical (unpaired) electrons.